The maximum absolute atomic E-state index is 12.5. The van der Waals surface area contributed by atoms with Gasteiger partial charge in [-0.1, -0.05) is 59.0 Å². The predicted octanol–water partition coefficient (Wildman–Crippen LogP) is 4.94. The number of rotatable bonds is 6. The van der Waals surface area contributed by atoms with Crippen LogP contribution in [0.3, 0.4) is 0 Å². The van der Waals surface area contributed by atoms with Crippen LogP contribution in [-0.2, 0) is 11.3 Å². The van der Waals surface area contributed by atoms with Crippen LogP contribution in [0.1, 0.15) is 26.9 Å². The van der Waals surface area contributed by atoms with Crippen LogP contribution in [0.15, 0.2) is 52.9 Å². The van der Waals surface area contributed by atoms with E-state index in [1.54, 1.807) is 23.9 Å². The smallest absolute Gasteiger partial charge is 0.257 e. The van der Waals surface area contributed by atoms with Gasteiger partial charge >= 0.3 is 0 Å². The Morgan fingerprint density at radius 2 is 1.93 bits per heavy atom. The number of nitrogens with zero attached hydrogens (tertiary/aromatic N) is 3. The second-order valence-electron chi connectivity index (χ2n) is 6.46. The molecular formula is C20H17ClN4O2S3. The second-order valence-corrected chi connectivity index (χ2v) is 10.0. The first-order valence-corrected chi connectivity index (χ1v) is 12.4. The zero-order valence-electron chi connectivity index (χ0n) is 15.9. The third kappa shape index (κ3) is 4.80. The van der Waals surface area contributed by atoms with Crippen molar-refractivity contribution in [3.63, 3.8) is 0 Å². The average molecular weight is 477 g/mol. The summed E-state index contributed by atoms with van der Waals surface area (Å²) in [6.07, 6.45) is 1.91. The van der Waals surface area contributed by atoms with E-state index < -0.39 is 0 Å². The van der Waals surface area contributed by atoms with Crippen LogP contribution in [0, 0.1) is 0 Å². The van der Waals surface area contributed by atoms with Crippen LogP contribution >= 0.6 is 46.5 Å². The number of carbonyl (C=O) groups excluding carboxylic acids is 2. The Morgan fingerprint density at radius 3 is 2.60 bits per heavy atom. The van der Waals surface area contributed by atoms with Gasteiger partial charge in [-0.05, 0) is 41.6 Å². The fourth-order valence-corrected chi connectivity index (χ4v) is 5.48. The van der Waals surface area contributed by atoms with Crippen molar-refractivity contribution >= 4 is 63.4 Å². The molecule has 0 unspecified atom stereocenters. The molecule has 2 heterocycles. The molecule has 1 N–H and O–H groups in total. The third-order valence-corrected chi connectivity index (χ3v) is 7.82. The molecule has 1 saturated heterocycles. The Hall–Kier alpha value is -2.07. The zero-order chi connectivity index (χ0) is 21.1. The maximum Gasteiger partial charge on any atom is 0.257 e. The minimum absolute atomic E-state index is 0.0856. The third-order valence-electron chi connectivity index (χ3n) is 4.49. The number of amides is 2. The Balaban J connectivity index is 1.46. The first-order chi connectivity index (χ1) is 14.5. The molecule has 1 fully saturated rings. The van der Waals surface area contributed by atoms with Gasteiger partial charge in [-0.3, -0.25) is 14.9 Å². The van der Waals surface area contributed by atoms with Crippen molar-refractivity contribution < 1.29 is 9.59 Å². The molecule has 0 saturated carbocycles. The minimum Gasteiger partial charge on any atom is -0.322 e. The number of benzene rings is 2. The largest absolute Gasteiger partial charge is 0.322 e. The predicted molar refractivity (Wildman–Crippen MR) is 123 cm³/mol. The van der Waals surface area contributed by atoms with E-state index in [2.05, 4.69) is 15.5 Å². The van der Waals surface area contributed by atoms with Gasteiger partial charge in [-0.25, -0.2) is 0 Å². The van der Waals surface area contributed by atoms with E-state index in [1.165, 1.54) is 23.1 Å². The number of nitrogens with one attached hydrogen (secondary N) is 1. The quantitative estimate of drug-likeness (QED) is 0.401. The highest BCUT2D eigenvalue weighted by molar-refractivity contribution is 8.00. The highest BCUT2D eigenvalue weighted by atomic mass is 35.5. The lowest BCUT2D eigenvalue weighted by Gasteiger charge is -2.24. The van der Waals surface area contributed by atoms with Gasteiger partial charge in [-0.2, -0.15) is 0 Å². The van der Waals surface area contributed by atoms with Crippen LogP contribution in [0.2, 0.25) is 5.02 Å². The molecule has 2 amide bonds. The summed E-state index contributed by atoms with van der Waals surface area (Å²) in [7, 11) is 0. The van der Waals surface area contributed by atoms with Crippen LogP contribution in [0.25, 0.3) is 0 Å². The number of aromatic nitrogens is 2. The summed E-state index contributed by atoms with van der Waals surface area (Å²) in [5.41, 5.74) is 2.54. The zero-order valence-corrected chi connectivity index (χ0v) is 19.1. The molecule has 4 rings (SSSR count). The lowest BCUT2D eigenvalue weighted by molar-refractivity contribution is -0.128. The molecule has 30 heavy (non-hydrogen) atoms. The fraction of sp³-hybridized carbons (Fsp3) is 0.200. The lowest BCUT2D eigenvalue weighted by atomic mass is 10.1. The fourth-order valence-electron chi connectivity index (χ4n) is 3.00. The van der Waals surface area contributed by atoms with Gasteiger partial charge in [0, 0.05) is 17.1 Å². The van der Waals surface area contributed by atoms with Gasteiger partial charge in [0.2, 0.25) is 11.0 Å². The number of anilines is 1. The van der Waals surface area contributed by atoms with Crippen LogP contribution in [-0.4, -0.2) is 38.9 Å². The Labute approximate surface area is 191 Å². The molecule has 0 bridgehead atoms. The van der Waals surface area contributed by atoms with E-state index in [1.807, 2.05) is 47.6 Å². The van der Waals surface area contributed by atoms with Crippen molar-refractivity contribution in [3.8, 4) is 0 Å². The van der Waals surface area contributed by atoms with Gasteiger partial charge in [0.15, 0.2) is 4.34 Å². The van der Waals surface area contributed by atoms with Gasteiger partial charge in [0.25, 0.3) is 5.91 Å². The maximum atomic E-state index is 12.5. The molecule has 10 heteroatoms. The standard InChI is InChI=1S/C20H17ClN4O2S3/c1-28-20-24-23-19(30-20)22-17(27)13-4-6-14(7-5-13)18-25(16(26)11-29-18)10-12-2-8-15(21)9-3-12/h2-9,18H,10-11H2,1H3,(H,22,23,27)/t18-/m0/s1. The summed E-state index contributed by atoms with van der Waals surface area (Å²) >= 11 is 10.4. The van der Waals surface area contributed by atoms with Crippen molar-refractivity contribution in [3.05, 3.63) is 70.2 Å². The van der Waals surface area contributed by atoms with Crippen molar-refractivity contribution in [2.75, 3.05) is 17.3 Å². The van der Waals surface area contributed by atoms with Gasteiger partial charge in [-0.15, -0.1) is 22.0 Å². The molecule has 0 radical (unpaired) electrons. The van der Waals surface area contributed by atoms with Gasteiger partial charge < -0.3 is 4.90 Å². The van der Waals surface area contributed by atoms with Crippen LogP contribution in [0.4, 0.5) is 5.13 Å². The topological polar surface area (TPSA) is 75.2 Å². The Morgan fingerprint density at radius 1 is 1.20 bits per heavy atom. The molecule has 2 aromatic carbocycles. The van der Waals surface area contributed by atoms with Crippen molar-refractivity contribution in [2.45, 2.75) is 16.3 Å². The van der Waals surface area contributed by atoms with Crippen molar-refractivity contribution in [1.29, 1.82) is 0 Å². The monoisotopic (exact) mass is 476 g/mol. The molecule has 0 aliphatic carbocycles. The number of carbonyl (C=O) groups is 2. The SMILES string of the molecule is CSc1nnc(NC(=O)c2ccc([C@@H]3SCC(=O)N3Cc3ccc(Cl)cc3)cc2)s1. The van der Waals surface area contributed by atoms with Crippen LogP contribution < -0.4 is 5.32 Å². The summed E-state index contributed by atoms with van der Waals surface area (Å²) in [5.74, 6) is 0.302. The van der Waals surface area contributed by atoms with Crippen molar-refractivity contribution in [2.24, 2.45) is 0 Å². The number of hydrogen-bond acceptors (Lipinski definition) is 7. The number of hydrogen-bond donors (Lipinski definition) is 1. The summed E-state index contributed by atoms with van der Waals surface area (Å²) in [4.78, 5) is 26.8. The summed E-state index contributed by atoms with van der Waals surface area (Å²) < 4.78 is 0.796. The number of thioether (sulfide) groups is 2. The Kier molecular flexibility index (Phi) is 6.62. The first-order valence-electron chi connectivity index (χ1n) is 8.98. The van der Waals surface area contributed by atoms with Gasteiger partial charge in [0.05, 0.1) is 5.75 Å². The van der Waals surface area contributed by atoms with E-state index in [0.717, 1.165) is 15.5 Å². The molecule has 6 nitrogen and oxygen atoms in total. The van der Waals surface area contributed by atoms with Crippen LogP contribution in [0.5, 0.6) is 0 Å². The molecule has 1 aliphatic rings. The molecule has 154 valence electrons. The molecule has 1 aliphatic heterocycles. The summed E-state index contributed by atoms with van der Waals surface area (Å²) in [6, 6.07) is 14.8. The van der Waals surface area contributed by atoms with E-state index in [-0.39, 0.29) is 17.2 Å². The summed E-state index contributed by atoms with van der Waals surface area (Å²) in [6.45, 7) is 0.519. The van der Waals surface area contributed by atoms with E-state index >= 15 is 0 Å². The second kappa shape index (κ2) is 9.38. The molecule has 1 atom stereocenters. The molecule has 3 aromatic rings. The lowest BCUT2D eigenvalue weighted by Crippen LogP contribution is -2.27. The minimum atomic E-state index is -0.237. The molecular weight excluding hydrogens is 460 g/mol. The Bertz CT molecular complexity index is 1060. The van der Waals surface area contributed by atoms with Crippen molar-refractivity contribution in [1.82, 2.24) is 15.1 Å². The highest BCUT2D eigenvalue weighted by Gasteiger charge is 2.32. The first kappa shape index (κ1) is 21.2. The highest BCUT2D eigenvalue weighted by Crippen LogP contribution is 2.39. The normalized spacial score (nSPS) is 16.1. The number of halogens is 1. The summed E-state index contributed by atoms with van der Waals surface area (Å²) in [5, 5.41) is 11.8. The molecule has 1 aromatic heterocycles. The average Bonchev–Trinajstić information content (AvgIpc) is 3.36. The molecule has 0 spiro atoms. The van der Waals surface area contributed by atoms with E-state index in [9.17, 15) is 9.59 Å². The van der Waals surface area contributed by atoms with E-state index in [0.29, 0.717) is 28.0 Å². The van der Waals surface area contributed by atoms with E-state index in [4.69, 9.17) is 11.6 Å². The van der Waals surface area contributed by atoms with Gasteiger partial charge in [0.1, 0.15) is 5.37 Å².